The maximum atomic E-state index is 8.53. The van der Waals surface area contributed by atoms with Gasteiger partial charge in [0.05, 0.1) is 52.9 Å². The average Bonchev–Trinajstić information content (AvgIpc) is 2.61. The third kappa shape index (κ3) is 21.8. The highest BCUT2D eigenvalue weighted by Gasteiger charge is 2.01. The van der Waals surface area contributed by atoms with E-state index in [-0.39, 0.29) is 6.61 Å². The lowest BCUT2D eigenvalue weighted by atomic mass is 9.97. The number of hydrogen-bond acceptors (Lipinski definition) is 5. The van der Waals surface area contributed by atoms with Gasteiger partial charge < -0.3 is 24.1 Å². The van der Waals surface area contributed by atoms with Crippen LogP contribution in [-0.2, 0) is 18.9 Å². The zero-order chi connectivity index (χ0) is 18.4. The number of hydrogen-bond donors (Lipinski definition) is 1. The second-order valence-electron chi connectivity index (χ2n) is 6.62. The molecule has 0 aliphatic heterocycles. The average molecular weight is 363 g/mol. The minimum absolute atomic E-state index is 0.0568. The number of aliphatic hydroxyl groups is 1. The fraction of sp³-hybridized carbons (Fsp3) is 1.00. The zero-order valence-corrected chi connectivity index (χ0v) is 16.7. The summed E-state index contributed by atoms with van der Waals surface area (Å²) < 4.78 is 21.4. The first-order valence-corrected chi connectivity index (χ1v) is 10.2. The first-order valence-electron chi connectivity index (χ1n) is 10.2. The molecule has 0 saturated carbocycles. The molecule has 0 radical (unpaired) electrons. The smallest absolute Gasteiger partial charge is 0.0701 e. The van der Waals surface area contributed by atoms with Gasteiger partial charge in [-0.25, -0.2) is 0 Å². The van der Waals surface area contributed by atoms with Gasteiger partial charge in [0.1, 0.15) is 0 Å². The molecule has 0 saturated heterocycles. The van der Waals surface area contributed by atoms with Crippen LogP contribution in [0, 0.1) is 5.92 Å². The number of unbranched alkanes of at least 4 members (excludes halogenated alkanes) is 4. The van der Waals surface area contributed by atoms with E-state index in [2.05, 4.69) is 13.8 Å². The van der Waals surface area contributed by atoms with Gasteiger partial charge in [0.25, 0.3) is 0 Å². The molecule has 1 unspecified atom stereocenters. The number of aliphatic hydroxyl groups excluding tert-OH is 1. The SMILES string of the molecule is CCCCCC(C)CCCCCOCCOCCOCCOCCO. The summed E-state index contributed by atoms with van der Waals surface area (Å²) in [6.07, 6.45) is 10.6. The highest BCUT2D eigenvalue weighted by molar-refractivity contribution is 4.54. The Morgan fingerprint density at radius 2 is 1.08 bits per heavy atom. The van der Waals surface area contributed by atoms with Crippen LogP contribution in [0.2, 0.25) is 0 Å². The fourth-order valence-corrected chi connectivity index (χ4v) is 2.59. The van der Waals surface area contributed by atoms with Gasteiger partial charge in [-0.05, 0) is 12.3 Å². The summed E-state index contributed by atoms with van der Waals surface area (Å²) in [4.78, 5) is 0. The molecule has 0 fully saturated rings. The van der Waals surface area contributed by atoms with Crippen LogP contribution >= 0.6 is 0 Å². The van der Waals surface area contributed by atoms with Crippen molar-refractivity contribution in [1.82, 2.24) is 0 Å². The van der Waals surface area contributed by atoms with Gasteiger partial charge in [-0.1, -0.05) is 58.8 Å². The molecule has 1 N–H and O–H groups in total. The van der Waals surface area contributed by atoms with Crippen LogP contribution in [0.3, 0.4) is 0 Å². The van der Waals surface area contributed by atoms with Crippen LogP contribution in [0.25, 0.3) is 0 Å². The van der Waals surface area contributed by atoms with Crippen molar-refractivity contribution >= 4 is 0 Å². The van der Waals surface area contributed by atoms with Gasteiger partial charge in [-0.15, -0.1) is 0 Å². The maximum absolute atomic E-state index is 8.53. The molecular weight excluding hydrogens is 320 g/mol. The van der Waals surface area contributed by atoms with E-state index in [0.29, 0.717) is 46.2 Å². The van der Waals surface area contributed by atoms with Crippen molar-refractivity contribution in [2.75, 3.05) is 59.5 Å². The van der Waals surface area contributed by atoms with Gasteiger partial charge in [0.2, 0.25) is 0 Å². The van der Waals surface area contributed by atoms with Gasteiger partial charge in [-0.3, -0.25) is 0 Å². The summed E-state index contributed by atoms with van der Waals surface area (Å²) in [5, 5.41) is 8.53. The highest BCUT2D eigenvalue weighted by Crippen LogP contribution is 2.16. The predicted octanol–water partition coefficient (Wildman–Crippen LogP) is 3.82. The van der Waals surface area contributed by atoms with E-state index in [1.54, 1.807) is 0 Å². The third-order valence-corrected chi connectivity index (χ3v) is 4.14. The molecule has 0 heterocycles. The van der Waals surface area contributed by atoms with E-state index < -0.39 is 0 Å². The number of ether oxygens (including phenoxy) is 4. The maximum Gasteiger partial charge on any atom is 0.0701 e. The Labute approximate surface area is 155 Å². The Morgan fingerprint density at radius 3 is 1.60 bits per heavy atom. The lowest BCUT2D eigenvalue weighted by Crippen LogP contribution is -2.12. The lowest BCUT2D eigenvalue weighted by Gasteiger charge is -2.10. The molecule has 25 heavy (non-hydrogen) atoms. The number of rotatable bonds is 21. The van der Waals surface area contributed by atoms with Gasteiger partial charge in [0.15, 0.2) is 0 Å². The van der Waals surface area contributed by atoms with Crippen molar-refractivity contribution in [3.63, 3.8) is 0 Å². The zero-order valence-electron chi connectivity index (χ0n) is 16.7. The third-order valence-electron chi connectivity index (χ3n) is 4.14. The van der Waals surface area contributed by atoms with E-state index >= 15 is 0 Å². The summed E-state index contributed by atoms with van der Waals surface area (Å²) in [5.74, 6) is 0.879. The van der Waals surface area contributed by atoms with E-state index in [1.807, 2.05) is 0 Å². The molecule has 0 rings (SSSR count). The molecule has 5 heteroatoms. The summed E-state index contributed by atoms with van der Waals surface area (Å²) in [6.45, 7) is 9.40. The molecule has 0 amide bonds. The van der Waals surface area contributed by atoms with Crippen LogP contribution in [0.15, 0.2) is 0 Å². The molecule has 0 aromatic carbocycles. The Hall–Kier alpha value is -0.200. The molecule has 0 aliphatic carbocycles. The lowest BCUT2D eigenvalue weighted by molar-refractivity contribution is -0.00578. The standard InChI is InChI=1S/C20H42O5/c1-3-4-6-9-20(2)10-7-5-8-12-22-14-16-24-18-19-25-17-15-23-13-11-21/h20-21H,3-19H2,1-2H3. The molecular formula is C20H42O5. The predicted molar refractivity (Wildman–Crippen MR) is 102 cm³/mol. The minimum atomic E-state index is 0.0568. The molecule has 1 atom stereocenters. The first kappa shape index (κ1) is 24.8. The Kier molecular flexibility index (Phi) is 21.7. The highest BCUT2D eigenvalue weighted by atomic mass is 16.6. The largest absolute Gasteiger partial charge is 0.394 e. The van der Waals surface area contributed by atoms with Gasteiger partial charge in [-0.2, -0.15) is 0 Å². The Morgan fingerprint density at radius 1 is 0.600 bits per heavy atom. The second-order valence-corrected chi connectivity index (χ2v) is 6.62. The van der Waals surface area contributed by atoms with E-state index in [4.69, 9.17) is 24.1 Å². The van der Waals surface area contributed by atoms with Crippen LogP contribution in [0.1, 0.15) is 65.2 Å². The van der Waals surface area contributed by atoms with Gasteiger partial charge in [0, 0.05) is 6.61 Å². The van der Waals surface area contributed by atoms with Crippen molar-refractivity contribution in [3.8, 4) is 0 Å². The molecule has 5 nitrogen and oxygen atoms in total. The van der Waals surface area contributed by atoms with Crippen molar-refractivity contribution < 1.29 is 24.1 Å². The van der Waals surface area contributed by atoms with E-state index in [9.17, 15) is 0 Å². The Bertz CT molecular complexity index is 238. The molecule has 0 aromatic heterocycles. The summed E-state index contributed by atoms with van der Waals surface area (Å²) in [5.41, 5.74) is 0. The van der Waals surface area contributed by atoms with Crippen LogP contribution in [0.5, 0.6) is 0 Å². The van der Waals surface area contributed by atoms with E-state index in [0.717, 1.165) is 18.9 Å². The summed E-state index contributed by atoms with van der Waals surface area (Å²) >= 11 is 0. The molecule has 0 aromatic rings. The van der Waals surface area contributed by atoms with Crippen molar-refractivity contribution in [1.29, 1.82) is 0 Å². The molecule has 152 valence electrons. The topological polar surface area (TPSA) is 57.2 Å². The monoisotopic (exact) mass is 362 g/mol. The van der Waals surface area contributed by atoms with Crippen molar-refractivity contribution in [2.45, 2.75) is 65.2 Å². The Balaban J connectivity index is 3.05. The first-order chi connectivity index (χ1) is 12.3. The molecule has 0 bridgehead atoms. The van der Waals surface area contributed by atoms with Gasteiger partial charge >= 0.3 is 0 Å². The second kappa shape index (κ2) is 21.8. The van der Waals surface area contributed by atoms with Crippen LogP contribution < -0.4 is 0 Å². The van der Waals surface area contributed by atoms with E-state index in [1.165, 1.54) is 44.9 Å². The minimum Gasteiger partial charge on any atom is -0.394 e. The summed E-state index contributed by atoms with van der Waals surface area (Å²) in [6, 6.07) is 0. The van der Waals surface area contributed by atoms with Crippen LogP contribution in [-0.4, -0.2) is 64.6 Å². The quantitative estimate of drug-likeness (QED) is 0.315. The molecule has 0 spiro atoms. The normalized spacial score (nSPS) is 12.6. The summed E-state index contributed by atoms with van der Waals surface area (Å²) in [7, 11) is 0. The van der Waals surface area contributed by atoms with Crippen molar-refractivity contribution in [3.05, 3.63) is 0 Å². The van der Waals surface area contributed by atoms with Crippen molar-refractivity contribution in [2.24, 2.45) is 5.92 Å². The fourth-order valence-electron chi connectivity index (χ4n) is 2.59. The van der Waals surface area contributed by atoms with Crippen LogP contribution in [0.4, 0.5) is 0 Å². The molecule has 0 aliphatic rings.